The second kappa shape index (κ2) is 8.16. The topological polar surface area (TPSA) is 68.2 Å². The highest BCUT2D eigenvalue weighted by atomic mass is 79.9. The van der Waals surface area contributed by atoms with E-state index in [1.807, 2.05) is 0 Å². The van der Waals surface area contributed by atoms with E-state index in [4.69, 9.17) is 21.1 Å². The van der Waals surface area contributed by atoms with Crippen LogP contribution in [-0.2, 0) is 9.59 Å². The maximum atomic E-state index is 12.9. The highest BCUT2D eigenvalue weighted by molar-refractivity contribution is 9.10. The molecule has 28 heavy (non-hydrogen) atoms. The lowest BCUT2D eigenvalue weighted by Crippen LogP contribution is -2.21. The fourth-order valence-electron chi connectivity index (χ4n) is 2.67. The van der Waals surface area contributed by atoms with Crippen LogP contribution < -0.4 is 14.5 Å². The van der Waals surface area contributed by atoms with Crippen LogP contribution in [0.3, 0.4) is 0 Å². The number of halogens is 2. The number of rotatable bonds is 4. The van der Waals surface area contributed by atoms with Gasteiger partial charge in [0, 0.05) is 11.9 Å². The molecule has 0 bridgehead atoms. The third-order valence-electron chi connectivity index (χ3n) is 3.94. The normalized spacial score (nSPS) is 15.0. The first kappa shape index (κ1) is 20.1. The first-order chi connectivity index (χ1) is 13.3. The third-order valence-corrected chi connectivity index (χ3v) is 4.78. The van der Waals surface area contributed by atoms with Crippen molar-refractivity contribution in [2.45, 2.75) is 13.8 Å². The van der Waals surface area contributed by atoms with Crippen LogP contribution in [0.1, 0.15) is 19.4 Å². The van der Waals surface area contributed by atoms with Crippen LogP contribution in [0.15, 0.2) is 51.5 Å². The highest BCUT2D eigenvalue weighted by Gasteiger charge is 2.29. The van der Waals surface area contributed by atoms with Gasteiger partial charge in [0.25, 0.3) is 5.91 Å². The Hall–Kier alpha value is -2.64. The Bertz CT molecular complexity index is 1020. The molecule has 1 aliphatic heterocycles. The molecule has 2 aromatic carbocycles. The number of anilines is 1. The van der Waals surface area contributed by atoms with Crippen molar-refractivity contribution in [3.8, 4) is 11.5 Å². The Morgan fingerprint density at radius 2 is 1.93 bits per heavy atom. The molecule has 0 aliphatic carbocycles. The zero-order chi connectivity index (χ0) is 20.4. The standard InChI is InChI=1S/C20H16BrClN2O4/c1-11-16(20(26)24(23-11)15-6-4-14(22)5-7-15)8-13-9-17(21)19(28-12(2)25)18(10-13)27-3/h4-10H,1-3H3. The van der Waals surface area contributed by atoms with E-state index in [-0.39, 0.29) is 11.7 Å². The van der Waals surface area contributed by atoms with Gasteiger partial charge in [-0.2, -0.15) is 10.1 Å². The summed E-state index contributed by atoms with van der Waals surface area (Å²) in [6.07, 6.45) is 1.71. The summed E-state index contributed by atoms with van der Waals surface area (Å²) in [5.41, 5.74) is 2.35. The number of methoxy groups -OCH3 is 1. The molecule has 0 saturated heterocycles. The van der Waals surface area contributed by atoms with Gasteiger partial charge < -0.3 is 9.47 Å². The Labute approximate surface area is 175 Å². The van der Waals surface area contributed by atoms with Gasteiger partial charge in [0.15, 0.2) is 11.5 Å². The molecule has 144 valence electrons. The van der Waals surface area contributed by atoms with Gasteiger partial charge in [-0.25, -0.2) is 0 Å². The number of hydrogen-bond acceptors (Lipinski definition) is 5. The zero-order valence-electron chi connectivity index (χ0n) is 15.3. The number of hydrazone groups is 1. The minimum atomic E-state index is -0.461. The Morgan fingerprint density at radius 1 is 1.25 bits per heavy atom. The summed E-state index contributed by atoms with van der Waals surface area (Å²) >= 11 is 9.29. The molecule has 0 radical (unpaired) electrons. The predicted octanol–water partition coefficient (Wildman–Crippen LogP) is 4.84. The third kappa shape index (κ3) is 4.10. The van der Waals surface area contributed by atoms with Gasteiger partial charge in [-0.3, -0.25) is 9.59 Å². The molecular formula is C20H16BrClN2O4. The summed E-state index contributed by atoms with van der Waals surface area (Å²) in [7, 11) is 1.47. The lowest BCUT2D eigenvalue weighted by Gasteiger charge is -2.12. The van der Waals surface area contributed by atoms with Crippen molar-refractivity contribution >= 4 is 56.9 Å². The van der Waals surface area contributed by atoms with Gasteiger partial charge in [0.2, 0.25) is 0 Å². The van der Waals surface area contributed by atoms with Gasteiger partial charge in [0.1, 0.15) is 0 Å². The molecule has 0 saturated carbocycles. The van der Waals surface area contributed by atoms with Crippen molar-refractivity contribution < 1.29 is 19.1 Å². The van der Waals surface area contributed by atoms with Crippen molar-refractivity contribution in [3.63, 3.8) is 0 Å². The van der Waals surface area contributed by atoms with Crippen molar-refractivity contribution in [1.29, 1.82) is 0 Å². The zero-order valence-corrected chi connectivity index (χ0v) is 17.7. The molecule has 3 rings (SSSR count). The summed E-state index contributed by atoms with van der Waals surface area (Å²) in [4.78, 5) is 24.1. The van der Waals surface area contributed by atoms with E-state index < -0.39 is 5.97 Å². The monoisotopic (exact) mass is 462 g/mol. The molecule has 0 spiro atoms. The van der Waals surface area contributed by atoms with E-state index >= 15 is 0 Å². The minimum Gasteiger partial charge on any atom is -0.493 e. The molecule has 1 amide bonds. The summed E-state index contributed by atoms with van der Waals surface area (Å²) in [5.74, 6) is -0.0641. The summed E-state index contributed by atoms with van der Waals surface area (Å²) in [5, 5.41) is 6.26. The quantitative estimate of drug-likeness (QED) is 0.369. The van der Waals surface area contributed by atoms with Gasteiger partial charge in [-0.1, -0.05) is 11.6 Å². The number of hydrogen-bond donors (Lipinski definition) is 0. The Balaban J connectivity index is 1.96. The van der Waals surface area contributed by atoms with Crippen LogP contribution in [0.4, 0.5) is 5.69 Å². The van der Waals surface area contributed by atoms with Crippen molar-refractivity contribution in [2.75, 3.05) is 12.1 Å². The summed E-state index contributed by atoms with van der Waals surface area (Å²) in [6.45, 7) is 3.07. The Morgan fingerprint density at radius 3 is 2.54 bits per heavy atom. The fourth-order valence-corrected chi connectivity index (χ4v) is 3.34. The molecule has 0 unspecified atom stereocenters. The predicted molar refractivity (Wildman–Crippen MR) is 112 cm³/mol. The molecule has 1 heterocycles. The van der Waals surface area contributed by atoms with Crippen molar-refractivity contribution in [3.05, 3.63) is 57.0 Å². The molecule has 2 aromatic rings. The highest BCUT2D eigenvalue weighted by Crippen LogP contribution is 2.38. The number of amides is 1. The second-order valence-electron chi connectivity index (χ2n) is 5.96. The van der Waals surface area contributed by atoms with Crippen LogP contribution >= 0.6 is 27.5 Å². The lowest BCUT2D eigenvalue weighted by molar-refractivity contribution is -0.132. The van der Waals surface area contributed by atoms with Gasteiger partial charge in [0.05, 0.1) is 28.6 Å². The lowest BCUT2D eigenvalue weighted by atomic mass is 10.1. The fraction of sp³-hybridized carbons (Fsp3) is 0.150. The van der Waals surface area contributed by atoms with Crippen LogP contribution in [0.5, 0.6) is 11.5 Å². The van der Waals surface area contributed by atoms with E-state index in [0.29, 0.717) is 37.8 Å². The van der Waals surface area contributed by atoms with E-state index in [9.17, 15) is 9.59 Å². The van der Waals surface area contributed by atoms with Crippen molar-refractivity contribution in [2.24, 2.45) is 5.10 Å². The number of nitrogens with zero attached hydrogens (tertiary/aromatic N) is 2. The second-order valence-corrected chi connectivity index (χ2v) is 7.26. The van der Waals surface area contributed by atoms with Crippen molar-refractivity contribution in [1.82, 2.24) is 0 Å². The number of carbonyl (C=O) groups excluding carboxylic acids is 2. The Kier molecular flexibility index (Phi) is 5.86. The molecule has 0 atom stereocenters. The van der Waals surface area contributed by atoms with Gasteiger partial charge in [-0.05, 0) is 70.9 Å². The van der Waals surface area contributed by atoms with Crippen LogP contribution in [0, 0.1) is 0 Å². The van der Waals surface area contributed by atoms with Crippen LogP contribution in [0.2, 0.25) is 5.02 Å². The maximum Gasteiger partial charge on any atom is 0.308 e. The van der Waals surface area contributed by atoms with E-state index in [1.54, 1.807) is 49.4 Å². The molecule has 0 aromatic heterocycles. The average Bonchev–Trinajstić information content (AvgIpc) is 2.92. The van der Waals surface area contributed by atoms with E-state index in [2.05, 4.69) is 21.0 Å². The van der Waals surface area contributed by atoms with Gasteiger partial charge >= 0.3 is 5.97 Å². The molecule has 0 fully saturated rings. The number of carbonyl (C=O) groups is 2. The molecule has 0 N–H and O–H groups in total. The molecular weight excluding hydrogens is 448 g/mol. The number of benzene rings is 2. The maximum absolute atomic E-state index is 12.9. The SMILES string of the molecule is COc1cc(C=C2C(=O)N(c3ccc(Cl)cc3)N=C2C)cc(Br)c1OC(C)=O. The average molecular weight is 464 g/mol. The minimum absolute atomic E-state index is 0.251. The first-order valence-electron chi connectivity index (χ1n) is 8.23. The van der Waals surface area contributed by atoms with E-state index in [1.165, 1.54) is 19.0 Å². The van der Waals surface area contributed by atoms with E-state index in [0.717, 1.165) is 0 Å². The first-order valence-corrected chi connectivity index (χ1v) is 9.40. The summed E-state index contributed by atoms with van der Waals surface area (Å²) < 4.78 is 11.0. The van der Waals surface area contributed by atoms with Crippen LogP contribution in [0.25, 0.3) is 6.08 Å². The largest absolute Gasteiger partial charge is 0.493 e. The van der Waals surface area contributed by atoms with Crippen LogP contribution in [-0.4, -0.2) is 24.7 Å². The number of ether oxygens (including phenoxy) is 2. The molecule has 8 heteroatoms. The summed E-state index contributed by atoms with van der Waals surface area (Å²) in [6, 6.07) is 10.3. The smallest absolute Gasteiger partial charge is 0.308 e. The number of esters is 1. The molecule has 6 nitrogen and oxygen atoms in total. The molecule has 1 aliphatic rings. The van der Waals surface area contributed by atoms with Gasteiger partial charge in [-0.15, -0.1) is 0 Å².